The van der Waals surface area contributed by atoms with Gasteiger partial charge in [-0.25, -0.2) is 0 Å². The summed E-state index contributed by atoms with van der Waals surface area (Å²) in [5.74, 6) is -0.801. The largest absolute Gasteiger partial charge is 0.481 e. The van der Waals surface area contributed by atoms with Crippen LogP contribution >= 0.6 is 11.3 Å². The maximum Gasteiger partial charge on any atom is 0.308 e. The molecule has 0 aliphatic rings. The molecule has 0 aromatic carbocycles. The van der Waals surface area contributed by atoms with E-state index < -0.39 is 5.97 Å². The van der Waals surface area contributed by atoms with Gasteiger partial charge in [0.1, 0.15) is 0 Å². The lowest BCUT2D eigenvalue weighted by Gasteiger charge is -1.93. The maximum absolute atomic E-state index is 10.5. The van der Waals surface area contributed by atoms with E-state index in [4.69, 9.17) is 5.11 Å². The molecular formula is C11H9NO2S. The van der Waals surface area contributed by atoms with E-state index in [-0.39, 0.29) is 6.42 Å². The number of hydrogen-bond acceptors (Lipinski definition) is 3. The van der Waals surface area contributed by atoms with Gasteiger partial charge in [-0.15, -0.1) is 11.3 Å². The van der Waals surface area contributed by atoms with Crippen LogP contribution in [-0.2, 0) is 11.2 Å². The van der Waals surface area contributed by atoms with Crippen LogP contribution in [0.3, 0.4) is 0 Å². The third-order valence-electron chi connectivity index (χ3n) is 1.90. The van der Waals surface area contributed by atoms with Gasteiger partial charge >= 0.3 is 5.97 Å². The van der Waals surface area contributed by atoms with Crippen molar-refractivity contribution in [3.05, 3.63) is 41.4 Å². The zero-order chi connectivity index (χ0) is 10.7. The average molecular weight is 219 g/mol. The van der Waals surface area contributed by atoms with E-state index in [1.165, 1.54) is 11.3 Å². The Kier molecular flexibility index (Phi) is 2.78. The van der Waals surface area contributed by atoms with Crippen molar-refractivity contribution >= 4 is 17.3 Å². The van der Waals surface area contributed by atoms with Crippen LogP contribution < -0.4 is 0 Å². The number of aliphatic carboxylic acids is 1. The van der Waals surface area contributed by atoms with E-state index in [1.807, 2.05) is 30.3 Å². The van der Waals surface area contributed by atoms with Crippen molar-refractivity contribution in [1.29, 1.82) is 0 Å². The summed E-state index contributed by atoms with van der Waals surface area (Å²) < 4.78 is 0. The number of carboxylic acids is 1. The Balaban J connectivity index is 2.24. The predicted octanol–water partition coefficient (Wildman–Crippen LogP) is 2.44. The van der Waals surface area contributed by atoms with Crippen molar-refractivity contribution in [2.45, 2.75) is 6.42 Å². The van der Waals surface area contributed by atoms with Crippen LogP contribution in [0, 0.1) is 0 Å². The fourth-order valence-corrected chi connectivity index (χ4v) is 2.24. The van der Waals surface area contributed by atoms with Crippen molar-refractivity contribution < 1.29 is 9.90 Å². The minimum absolute atomic E-state index is 0.0809. The third kappa shape index (κ3) is 2.41. The molecule has 0 radical (unpaired) electrons. The second-order valence-corrected chi connectivity index (χ2v) is 4.22. The molecule has 15 heavy (non-hydrogen) atoms. The van der Waals surface area contributed by atoms with Crippen LogP contribution in [0.4, 0.5) is 0 Å². The molecule has 0 spiro atoms. The first kappa shape index (κ1) is 9.86. The molecule has 0 unspecified atom stereocenters. The molecular weight excluding hydrogens is 210 g/mol. The van der Waals surface area contributed by atoms with Crippen molar-refractivity contribution in [1.82, 2.24) is 4.98 Å². The summed E-state index contributed by atoms with van der Waals surface area (Å²) in [7, 11) is 0. The monoisotopic (exact) mass is 219 g/mol. The van der Waals surface area contributed by atoms with E-state index >= 15 is 0 Å². The molecule has 0 atom stereocenters. The predicted molar refractivity (Wildman–Crippen MR) is 58.9 cm³/mol. The van der Waals surface area contributed by atoms with Crippen LogP contribution in [0.25, 0.3) is 10.6 Å². The standard InChI is InChI=1S/C11H9NO2S/c13-11(14)7-8-4-5-10(15-8)9-3-1-2-6-12-9/h1-6H,7H2,(H,13,14). The van der Waals surface area contributed by atoms with Gasteiger partial charge in [-0.05, 0) is 24.3 Å². The second kappa shape index (κ2) is 4.23. The van der Waals surface area contributed by atoms with Gasteiger partial charge < -0.3 is 5.11 Å². The molecule has 76 valence electrons. The smallest absolute Gasteiger partial charge is 0.308 e. The maximum atomic E-state index is 10.5. The van der Waals surface area contributed by atoms with Gasteiger partial charge in [-0.3, -0.25) is 9.78 Å². The highest BCUT2D eigenvalue weighted by molar-refractivity contribution is 7.15. The van der Waals surface area contributed by atoms with Gasteiger partial charge in [0.05, 0.1) is 17.0 Å². The Labute approximate surface area is 91.0 Å². The summed E-state index contributed by atoms with van der Waals surface area (Å²) in [5, 5.41) is 8.64. The SMILES string of the molecule is O=C(O)Cc1ccc(-c2ccccn2)s1. The molecule has 0 saturated carbocycles. The first-order chi connectivity index (χ1) is 7.25. The summed E-state index contributed by atoms with van der Waals surface area (Å²) >= 11 is 1.47. The van der Waals surface area contributed by atoms with Crippen molar-refractivity contribution in [3.8, 4) is 10.6 Å². The van der Waals surface area contributed by atoms with Gasteiger partial charge in [0, 0.05) is 11.1 Å². The third-order valence-corrected chi connectivity index (χ3v) is 3.01. The number of pyridine rings is 1. The molecule has 4 heteroatoms. The van der Waals surface area contributed by atoms with E-state index in [0.717, 1.165) is 15.4 Å². The molecule has 2 aromatic heterocycles. The van der Waals surface area contributed by atoms with Gasteiger partial charge in [0.15, 0.2) is 0 Å². The Morgan fingerprint density at radius 3 is 2.87 bits per heavy atom. The highest BCUT2D eigenvalue weighted by Gasteiger charge is 2.06. The molecule has 2 heterocycles. The topological polar surface area (TPSA) is 50.2 Å². The Hall–Kier alpha value is -1.68. The number of nitrogens with zero attached hydrogens (tertiary/aromatic N) is 1. The minimum Gasteiger partial charge on any atom is -0.481 e. The normalized spacial score (nSPS) is 10.1. The van der Waals surface area contributed by atoms with Crippen LogP contribution in [0.15, 0.2) is 36.5 Å². The molecule has 0 saturated heterocycles. The fourth-order valence-electron chi connectivity index (χ4n) is 1.27. The summed E-state index contributed by atoms with van der Waals surface area (Å²) in [5.41, 5.74) is 0.888. The Bertz CT molecular complexity index is 464. The summed E-state index contributed by atoms with van der Waals surface area (Å²) in [6.45, 7) is 0. The number of rotatable bonds is 3. The van der Waals surface area contributed by atoms with Crippen molar-refractivity contribution in [3.63, 3.8) is 0 Å². The van der Waals surface area contributed by atoms with Crippen LogP contribution in [0.1, 0.15) is 4.88 Å². The molecule has 0 amide bonds. The van der Waals surface area contributed by atoms with Crippen LogP contribution in [0.5, 0.6) is 0 Å². The first-order valence-electron chi connectivity index (χ1n) is 4.47. The molecule has 1 N–H and O–H groups in total. The summed E-state index contributed by atoms with van der Waals surface area (Å²) in [6, 6.07) is 9.43. The minimum atomic E-state index is -0.801. The van der Waals surface area contributed by atoms with Gasteiger partial charge in [-0.2, -0.15) is 0 Å². The highest BCUT2D eigenvalue weighted by atomic mass is 32.1. The van der Waals surface area contributed by atoms with Gasteiger partial charge in [0.2, 0.25) is 0 Å². The number of thiophene rings is 1. The van der Waals surface area contributed by atoms with Crippen molar-refractivity contribution in [2.75, 3.05) is 0 Å². The zero-order valence-corrected chi connectivity index (χ0v) is 8.70. The Morgan fingerprint density at radius 2 is 2.20 bits per heavy atom. The van der Waals surface area contributed by atoms with E-state index in [0.29, 0.717) is 0 Å². The number of carboxylic acid groups (broad SMARTS) is 1. The van der Waals surface area contributed by atoms with E-state index in [9.17, 15) is 4.79 Å². The zero-order valence-electron chi connectivity index (χ0n) is 7.88. The van der Waals surface area contributed by atoms with E-state index in [2.05, 4.69) is 4.98 Å². The molecule has 0 bridgehead atoms. The van der Waals surface area contributed by atoms with Crippen molar-refractivity contribution in [2.24, 2.45) is 0 Å². The molecule has 0 fully saturated rings. The quantitative estimate of drug-likeness (QED) is 0.862. The lowest BCUT2D eigenvalue weighted by atomic mass is 10.3. The lowest BCUT2D eigenvalue weighted by molar-refractivity contribution is -0.136. The van der Waals surface area contributed by atoms with Crippen LogP contribution in [-0.4, -0.2) is 16.1 Å². The Morgan fingerprint density at radius 1 is 1.33 bits per heavy atom. The number of hydrogen-bond donors (Lipinski definition) is 1. The first-order valence-corrected chi connectivity index (χ1v) is 5.29. The fraction of sp³-hybridized carbons (Fsp3) is 0.0909. The van der Waals surface area contributed by atoms with Gasteiger partial charge in [0.25, 0.3) is 0 Å². The molecule has 0 aliphatic carbocycles. The second-order valence-electron chi connectivity index (χ2n) is 3.05. The van der Waals surface area contributed by atoms with Gasteiger partial charge in [-0.1, -0.05) is 6.07 Å². The highest BCUT2D eigenvalue weighted by Crippen LogP contribution is 2.26. The number of aromatic nitrogens is 1. The summed E-state index contributed by atoms with van der Waals surface area (Å²) in [6.07, 6.45) is 1.81. The van der Waals surface area contributed by atoms with Crippen LogP contribution in [0.2, 0.25) is 0 Å². The molecule has 0 aliphatic heterocycles. The lowest BCUT2D eigenvalue weighted by Crippen LogP contribution is -1.96. The van der Waals surface area contributed by atoms with E-state index in [1.54, 1.807) is 6.20 Å². The molecule has 2 aromatic rings. The molecule has 3 nitrogen and oxygen atoms in total. The molecule has 2 rings (SSSR count). The average Bonchev–Trinajstić information content (AvgIpc) is 2.67. The summed E-state index contributed by atoms with van der Waals surface area (Å²) in [4.78, 5) is 16.6. The number of carbonyl (C=O) groups is 1.